The first-order chi connectivity index (χ1) is 25.5. The van der Waals surface area contributed by atoms with Crippen molar-refractivity contribution in [1.82, 2.24) is 24.4 Å². The van der Waals surface area contributed by atoms with Gasteiger partial charge in [-0.1, -0.05) is 13.0 Å². The largest absolute Gasteiger partial charge is 0.495 e. The first-order valence-electron chi connectivity index (χ1n) is 19.0. The van der Waals surface area contributed by atoms with Crippen molar-refractivity contribution in [3.8, 4) is 28.3 Å². The highest BCUT2D eigenvalue weighted by Gasteiger charge is 2.64. The molecule has 2 saturated carbocycles. The minimum atomic E-state index is -0.731. The number of carbonyl (C=O) groups is 1. The molecule has 2 aromatic carbocycles. The van der Waals surface area contributed by atoms with E-state index in [1.807, 2.05) is 77.9 Å². The number of ether oxygens (including phenoxy) is 2. The van der Waals surface area contributed by atoms with Crippen molar-refractivity contribution < 1.29 is 28.0 Å². The zero-order valence-electron chi connectivity index (χ0n) is 32.0. The van der Waals surface area contributed by atoms with Gasteiger partial charge in [0.1, 0.15) is 23.0 Å². The Hall–Kier alpha value is -4.20. The van der Waals surface area contributed by atoms with Gasteiger partial charge in [-0.05, 0) is 115 Å². The molecule has 280 valence electrons. The highest BCUT2D eigenvalue weighted by Crippen LogP contribution is 2.63. The number of rotatable bonds is 5. The number of thiazole rings is 1. The summed E-state index contributed by atoms with van der Waals surface area (Å²) in [7, 11) is -0.731. The summed E-state index contributed by atoms with van der Waals surface area (Å²) in [5.74, 6) is 1.29. The van der Waals surface area contributed by atoms with E-state index < -0.39 is 36.0 Å². The van der Waals surface area contributed by atoms with Gasteiger partial charge >= 0.3 is 13.2 Å². The standard InChI is InChI=1S/C41H45BFN5O5S/c1-38(2,3)51-37(49)48-29(17-41(8)18-32(41)48)34-44-19-26(46-34)22-11-12-27-23(13-22)14-28-33-25(43)15-24(42-52-39(4,5)40(6,7)53-42)16-30(33)50-36(47(27)28)31-20-45-35(54-31)21-9-10-21/h11-16,19-21,29,32,36H,9-10,17-18H2,1-8H3,(H,44,46). The van der Waals surface area contributed by atoms with Crippen LogP contribution in [0.5, 0.6) is 5.75 Å². The Morgan fingerprint density at radius 3 is 2.50 bits per heavy atom. The normalized spacial score (nSPS) is 26.4. The number of nitrogens with one attached hydrogen (secondary N) is 1. The maximum Gasteiger partial charge on any atom is 0.495 e. The molecule has 4 fully saturated rings. The van der Waals surface area contributed by atoms with Gasteiger partial charge in [0.05, 0.1) is 55.8 Å². The molecule has 1 N–H and O–H groups in total. The minimum Gasteiger partial charge on any atom is -0.464 e. The number of aromatic amines is 1. The Kier molecular flexibility index (Phi) is 7.11. The quantitative estimate of drug-likeness (QED) is 0.179. The first-order valence-corrected chi connectivity index (χ1v) is 19.8. The van der Waals surface area contributed by atoms with Gasteiger partial charge in [-0.25, -0.2) is 19.2 Å². The van der Waals surface area contributed by atoms with Gasteiger partial charge in [-0.3, -0.25) is 9.47 Å². The number of imidazole rings is 1. The molecule has 2 aliphatic carbocycles. The molecule has 3 aliphatic heterocycles. The second-order valence-electron chi connectivity index (χ2n) is 18.1. The number of aromatic nitrogens is 4. The van der Waals surface area contributed by atoms with Gasteiger partial charge in [0, 0.05) is 29.1 Å². The zero-order valence-corrected chi connectivity index (χ0v) is 32.8. The predicted octanol–water partition coefficient (Wildman–Crippen LogP) is 8.87. The number of nitrogens with zero attached hydrogens (tertiary/aromatic N) is 4. The van der Waals surface area contributed by atoms with Gasteiger partial charge in [0.2, 0.25) is 6.23 Å². The van der Waals surface area contributed by atoms with Gasteiger partial charge in [-0.2, -0.15) is 0 Å². The van der Waals surface area contributed by atoms with Crippen molar-refractivity contribution in [2.75, 3.05) is 0 Å². The molecule has 1 amide bonds. The lowest BCUT2D eigenvalue weighted by Crippen LogP contribution is -2.41. The zero-order chi connectivity index (χ0) is 37.7. The maximum absolute atomic E-state index is 16.5. The number of amides is 1. The molecule has 5 aromatic rings. The fourth-order valence-electron chi connectivity index (χ4n) is 8.44. The summed E-state index contributed by atoms with van der Waals surface area (Å²) < 4.78 is 43.8. The molecular weight excluding hydrogens is 704 g/mol. The summed E-state index contributed by atoms with van der Waals surface area (Å²) in [5, 5.41) is 2.05. The van der Waals surface area contributed by atoms with Crippen molar-refractivity contribution >= 4 is 40.9 Å². The van der Waals surface area contributed by atoms with Crippen molar-refractivity contribution in [1.29, 1.82) is 0 Å². The van der Waals surface area contributed by atoms with E-state index in [9.17, 15) is 4.79 Å². The molecule has 13 heteroatoms. The third-order valence-electron chi connectivity index (χ3n) is 12.3. The number of fused-ring (bicyclic) bond motifs is 6. The molecule has 6 heterocycles. The predicted molar refractivity (Wildman–Crippen MR) is 205 cm³/mol. The van der Waals surface area contributed by atoms with Crippen LogP contribution in [-0.2, 0) is 14.0 Å². The molecule has 4 unspecified atom stereocenters. The van der Waals surface area contributed by atoms with Crippen LogP contribution in [0.2, 0.25) is 0 Å². The average Bonchev–Trinajstić information content (AvgIpc) is 3.67. The molecule has 4 atom stereocenters. The summed E-state index contributed by atoms with van der Waals surface area (Å²) in [4.78, 5) is 29.3. The number of carbonyl (C=O) groups excluding carboxylic acids is 1. The van der Waals surface area contributed by atoms with E-state index in [0.717, 1.165) is 69.2 Å². The number of benzene rings is 2. The molecule has 10 nitrogen and oxygen atoms in total. The lowest BCUT2D eigenvalue weighted by atomic mass is 9.78. The van der Waals surface area contributed by atoms with Crippen LogP contribution in [-0.4, -0.2) is 60.5 Å². The molecule has 0 radical (unpaired) electrons. The van der Waals surface area contributed by atoms with Crippen molar-refractivity contribution in [3.63, 3.8) is 0 Å². The van der Waals surface area contributed by atoms with Crippen LogP contribution in [0.15, 0.2) is 48.8 Å². The van der Waals surface area contributed by atoms with E-state index in [0.29, 0.717) is 22.7 Å². The maximum atomic E-state index is 16.5. The van der Waals surface area contributed by atoms with Crippen molar-refractivity contribution in [2.24, 2.45) is 5.41 Å². The minimum absolute atomic E-state index is 0.0752. The summed E-state index contributed by atoms with van der Waals surface area (Å²) in [6, 6.07) is 11.6. The molecule has 0 bridgehead atoms. The SMILES string of the molecule is CC(C)(C)OC(=O)N1C(c2ncc(-c3ccc4c(c3)cc3n4C(c4cnc(C5CC5)s4)Oc4cc(B5OC(C)(C)C(C)(C)O5)cc(F)c4-3)[nH]2)CC2(C)CC12. The van der Waals surface area contributed by atoms with E-state index in [1.165, 1.54) is 6.07 Å². The van der Waals surface area contributed by atoms with Gasteiger partial charge in [0.15, 0.2) is 0 Å². The fourth-order valence-corrected chi connectivity index (χ4v) is 9.55. The van der Waals surface area contributed by atoms with E-state index >= 15 is 4.39 Å². The van der Waals surface area contributed by atoms with E-state index in [-0.39, 0.29) is 23.6 Å². The molecule has 10 rings (SSSR count). The van der Waals surface area contributed by atoms with Crippen LogP contribution in [0.25, 0.3) is 33.4 Å². The number of halogens is 1. The van der Waals surface area contributed by atoms with Crippen molar-refractivity contribution in [3.05, 3.63) is 70.3 Å². The first kappa shape index (κ1) is 34.3. The van der Waals surface area contributed by atoms with Gasteiger partial charge in [-0.15, -0.1) is 11.3 Å². The summed E-state index contributed by atoms with van der Waals surface area (Å²) in [6.07, 6.45) is 7.02. The summed E-state index contributed by atoms with van der Waals surface area (Å²) in [6.45, 7) is 15.9. The highest BCUT2D eigenvalue weighted by atomic mass is 32.1. The smallest absolute Gasteiger partial charge is 0.464 e. The third-order valence-corrected chi connectivity index (χ3v) is 13.5. The molecule has 5 aliphatic rings. The van der Waals surface area contributed by atoms with Crippen LogP contribution in [0.1, 0.15) is 115 Å². The van der Waals surface area contributed by atoms with Crippen LogP contribution in [0, 0.1) is 11.2 Å². The topological polar surface area (TPSA) is 104 Å². The van der Waals surface area contributed by atoms with Crippen LogP contribution < -0.4 is 10.2 Å². The highest BCUT2D eigenvalue weighted by molar-refractivity contribution is 7.11. The lowest BCUT2D eigenvalue weighted by molar-refractivity contribution is 0.00578. The van der Waals surface area contributed by atoms with Gasteiger partial charge < -0.3 is 23.8 Å². The molecule has 2 saturated heterocycles. The number of hydrogen-bond acceptors (Lipinski definition) is 8. The molecule has 0 spiro atoms. The Morgan fingerprint density at radius 1 is 1.02 bits per heavy atom. The average molecular weight is 750 g/mol. The third kappa shape index (κ3) is 5.36. The van der Waals surface area contributed by atoms with Crippen molar-refractivity contribution in [2.45, 2.75) is 122 Å². The summed E-state index contributed by atoms with van der Waals surface area (Å²) in [5.41, 5.74) is 2.75. The Bertz CT molecular complexity index is 2360. The Morgan fingerprint density at radius 2 is 1.78 bits per heavy atom. The molecule has 54 heavy (non-hydrogen) atoms. The lowest BCUT2D eigenvalue weighted by Gasteiger charge is -2.32. The monoisotopic (exact) mass is 749 g/mol. The Balaban J connectivity index is 1.03. The second-order valence-corrected chi connectivity index (χ2v) is 19.2. The number of piperidine rings is 1. The molecular formula is C41H45BFN5O5S. The van der Waals surface area contributed by atoms with Crippen LogP contribution >= 0.6 is 11.3 Å². The van der Waals surface area contributed by atoms with Crippen LogP contribution in [0.3, 0.4) is 0 Å². The Labute approximate surface area is 318 Å². The van der Waals surface area contributed by atoms with E-state index in [1.54, 1.807) is 11.3 Å². The van der Waals surface area contributed by atoms with Crippen LogP contribution in [0.4, 0.5) is 9.18 Å². The second kappa shape index (κ2) is 11.2. The van der Waals surface area contributed by atoms with E-state index in [2.05, 4.69) is 34.7 Å². The number of H-pyrrole nitrogens is 1. The number of likely N-dealkylation sites (tertiary alicyclic amines) is 1. The fraction of sp³-hybridized carbons (Fsp3) is 0.488. The number of hydrogen-bond donors (Lipinski definition) is 1. The molecule has 3 aromatic heterocycles. The van der Waals surface area contributed by atoms with Gasteiger partial charge in [0.25, 0.3) is 0 Å². The summed E-state index contributed by atoms with van der Waals surface area (Å²) >= 11 is 1.67. The van der Waals surface area contributed by atoms with E-state index in [4.69, 9.17) is 28.8 Å².